The molecule has 0 fully saturated rings. The molecule has 1 amide bonds. The third kappa shape index (κ3) is 7.14. The first-order valence-corrected chi connectivity index (χ1v) is 14.2. The Labute approximate surface area is 231 Å². The van der Waals surface area contributed by atoms with E-state index in [1.54, 1.807) is 24.3 Å². The molecular weight excluding hydrogens is 527 g/mol. The zero-order chi connectivity index (χ0) is 27.4. The number of nitrogens with one attached hydrogen (secondary N) is 1. The molecule has 1 unspecified atom stereocenters. The second kappa shape index (κ2) is 12.4. The number of thiol groups is 1. The predicted octanol–water partition coefficient (Wildman–Crippen LogP) is 7.26. The number of benzene rings is 3. The van der Waals surface area contributed by atoms with Crippen LogP contribution >= 0.6 is 23.2 Å². The van der Waals surface area contributed by atoms with Crippen LogP contribution in [0.5, 0.6) is 0 Å². The van der Waals surface area contributed by atoms with E-state index in [1.165, 1.54) is 0 Å². The van der Waals surface area contributed by atoms with Gasteiger partial charge in [-0.05, 0) is 83.6 Å². The van der Waals surface area contributed by atoms with Gasteiger partial charge in [-0.1, -0.05) is 81.2 Å². The van der Waals surface area contributed by atoms with Gasteiger partial charge in [0.25, 0.3) is 0 Å². The first-order valence-electron chi connectivity index (χ1n) is 12.2. The molecule has 8 heteroatoms. The Hall–Kier alpha value is -2.38. The number of anilines is 1. The van der Waals surface area contributed by atoms with Gasteiger partial charge in [-0.2, -0.15) is 0 Å². The van der Waals surface area contributed by atoms with Gasteiger partial charge < -0.3 is 10.2 Å². The number of carbonyl (C=O) groups excluding carboxylic acids is 1. The topological polar surface area (TPSA) is 66.5 Å². The van der Waals surface area contributed by atoms with Crippen LogP contribution in [0.4, 0.5) is 5.69 Å². The highest BCUT2D eigenvalue weighted by atomic mass is 35.5. The summed E-state index contributed by atoms with van der Waals surface area (Å²) >= 11 is 12.4. The SMILES string of the molecule is CC(C)c1cc(-c2ccc(Cl)c(Cl)c2)cc(C(C)C)c1C(C(=O)Nc1ccc(CN(C)C)cc1)[SH](=O)=O. The van der Waals surface area contributed by atoms with Gasteiger partial charge in [0, 0.05) is 12.2 Å². The normalized spacial score (nSPS) is 12.5. The smallest absolute Gasteiger partial charge is 0.247 e. The van der Waals surface area contributed by atoms with Crippen LogP contribution in [0.2, 0.25) is 10.0 Å². The minimum atomic E-state index is -3.11. The number of halogens is 2. The molecule has 3 aromatic carbocycles. The highest BCUT2D eigenvalue weighted by Gasteiger charge is 2.31. The second-order valence-electron chi connectivity index (χ2n) is 10.1. The van der Waals surface area contributed by atoms with E-state index < -0.39 is 21.9 Å². The Bertz CT molecular complexity index is 1310. The van der Waals surface area contributed by atoms with Crippen molar-refractivity contribution in [2.24, 2.45) is 0 Å². The number of nitrogens with zero attached hydrogens (tertiary/aromatic N) is 1. The first kappa shape index (κ1) is 29.2. The van der Waals surface area contributed by atoms with Crippen molar-refractivity contribution in [3.63, 3.8) is 0 Å². The molecule has 0 aliphatic rings. The number of amides is 1. The fourth-order valence-electron chi connectivity index (χ4n) is 4.41. The van der Waals surface area contributed by atoms with E-state index in [9.17, 15) is 13.2 Å². The Morgan fingerprint density at radius 2 is 1.41 bits per heavy atom. The Balaban J connectivity index is 2.10. The molecule has 0 saturated heterocycles. The van der Waals surface area contributed by atoms with Crippen LogP contribution in [0.25, 0.3) is 11.1 Å². The lowest BCUT2D eigenvalue weighted by atomic mass is 9.83. The molecule has 37 heavy (non-hydrogen) atoms. The molecule has 0 aliphatic heterocycles. The molecule has 0 radical (unpaired) electrons. The fourth-order valence-corrected chi connectivity index (χ4v) is 5.48. The molecular formula is C29H34Cl2N2O3S. The number of hydrogen-bond donors (Lipinski definition) is 2. The van der Waals surface area contributed by atoms with Crippen molar-refractivity contribution in [2.45, 2.75) is 51.3 Å². The summed E-state index contributed by atoms with van der Waals surface area (Å²) in [6.07, 6.45) is 0. The molecule has 5 nitrogen and oxygen atoms in total. The van der Waals surface area contributed by atoms with Crippen LogP contribution in [-0.2, 0) is 22.0 Å². The molecule has 0 saturated carbocycles. The van der Waals surface area contributed by atoms with Crippen LogP contribution in [0, 0.1) is 0 Å². The van der Waals surface area contributed by atoms with Crippen molar-refractivity contribution in [3.05, 3.63) is 86.9 Å². The van der Waals surface area contributed by atoms with E-state index in [-0.39, 0.29) is 11.8 Å². The van der Waals surface area contributed by atoms with Gasteiger partial charge in [0.2, 0.25) is 5.91 Å². The van der Waals surface area contributed by atoms with Gasteiger partial charge in [0.05, 0.1) is 10.0 Å². The molecule has 0 heterocycles. The number of rotatable bonds is 9. The monoisotopic (exact) mass is 560 g/mol. The summed E-state index contributed by atoms with van der Waals surface area (Å²) in [4.78, 5) is 15.5. The minimum absolute atomic E-state index is 0.0224. The summed E-state index contributed by atoms with van der Waals surface area (Å²) in [7, 11) is 0.859. The largest absolute Gasteiger partial charge is 0.325 e. The van der Waals surface area contributed by atoms with Crippen molar-refractivity contribution in [1.29, 1.82) is 0 Å². The molecule has 0 aromatic heterocycles. The summed E-state index contributed by atoms with van der Waals surface area (Å²) < 4.78 is 25.3. The number of hydrogen-bond acceptors (Lipinski definition) is 4. The van der Waals surface area contributed by atoms with Crippen molar-refractivity contribution in [3.8, 4) is 11.1 Å². The Kier molecular flexibility index (Phi) is 9.81. The molecule has 0 aliphatic carbocycles. The summed E-state index contributed by atoms with van der Waals surface area (Å²) in [6, 6.07) is 16.8. The van der Waals surface area contributed by atoms with E-state index in [0.717, 1.165) is 34.4 Å². The van der Waals surface area contributed by atoms with Crippen molar-refractivity contribution in [1.82, 2.24) is 4.90 Å². The van der Waals surface area contributed by atoms with Crippen molar-refractivity contribution in [2.75, 3.05) is 19.4 Å². The average Bonchev–Trinajstić information content (AvgIpc) is 2.81. The maximum Gasteiger partial charge on any atom is 0.247 e. The summed E-state index contributed by atoms with van der Waals surface area (Å²) in [5, 5.41) is 2.41. The van der Waals surface area contributed by atoms with Crippen molar-refractivity contribution < 1.29 is 13.2 Å². The lowest BCUT2D eigenvalue weighted by Crippen LogP contribution is -2.25. The highest BCUT2D eigenvalue weighted by molar-refractivity contribution is 7.73. The molecule has 198 valence electrons. The number of carbonyl (C=O) groups is 1. The predicted molar refractivity (Wildman–Crippen MR) is 156 cm³/mol. The summed E-state index contributed by atoms with van der Waals surface area (Å²) in [5.74, 6) is -0.612. The maximum absolute atomic E-state index is 13.5. The quantitative estimate of drug-likeness (QED) is 0.270. The minimum Gasteiger partial charge on any atom is -0.325 e. The van der Waals surface area contributed by atoms with Gasteiger partial charge in [0.1, 0.15) is 0 Å². The van der Waals surface area contributed by atoms with Gasteiger partial charge >= 0.3 is 0 Å². The highest BCUT2D eigenvalue weighted by Crippen LogP contribution is 2.39. The zero-order valence-corrected chi connectivity index (χ0v) is 24.4. The maximum atomic E-state index is 13.5. The zero-order valence-electron chi connectivity index (χ0n) is 22.0. The van der Waals surface area contributed by atoms with E-state index in [2.05, 4.69) is 5.32 Å². The van der Waals surface area contributed by atoms with E-state index in [4.69, 9.17) is 23.2 Å². The summed E-state index contributed by atoms with van der Waals surface area (Å²) in [5.41, 5.74) is 5.59. The van der Waals surface area contributed by atoms with Crippen LogP contribution < -0.4 is 5.32 Å². The van der Waals surface area contributed by atoms with Gasteiger partial charge in [-0.15, -0.1) is 0 Å². The van der Waals surface area contributed by atoms with Gasteiger partial charge in [0.15, 0.2) is 16.0 Å². The van der Waals surface area contributed by atoms with Gasteiger partial charge in [-0.3, -0.25) is 4.79 Å². The Morgan fingerprint density at radius 1 is 0.838 bits per heavy atom. The van der Waals surface area contributed by atoms with E-state index in [1.807, 2.05) is 77.0 Å². The molecule has 1 atom stereocenters. The van der Waals surface area contributed by atoms with Crippen LogP contribution in [-0.4, -0.2) is 33.3 Å². The third-order valence-electron chi connectivity index (χ3n) is 6.19. The fraction of sp³-hybridized carbons (Fsp3) is 0.345. The van der Waals surface area contributed by atoms with Gasteiger partial charge in [-0.25, -0.2) is 8.42 Å². The van der Waals surface area contributed by atoms with E-state index in [0.29, 0.717) is 21.3 Å². The molecule has 3 rings (SSSR count). The van der Waals surface area contributed by atoms with Crippen molar-refractivity contribution >= 4 is 45.5 Å². The molecule has 1 N–H and O–H groups in total. The van der Waals surface area contributed by atoms with E-state index >= 15 is 0 Å². The summed E-state index contributed by atoms with van der Waals surface area (Å²) in [6.45, 7) is 8.76. The van der Waals surface area contributed by atoms with Crippen LogP contribution in [0.1, 0.15) is 67.0 Å². The lowest BCUT2D eigenvalue weighted by molar-refractivity contribution is -0.115. The third-order valence-corrected chi connectivity index (χ3v) is 7.85. The first-order chi connectivity index (χ1) is 17.4. The second-order valence-corrected chi connectivity index (χ2v) is 12.0. The van der Waals surface area contributed by atoms with Crippen LogP contribution in [0.3, 0.4) is 0 Å². The lowest BCUT2D eigenvalue weighted by Gasteiger charge is -2.25. The molecule has 0 spiro atoms. The molecule has 0 bridgehead atoms. The average molecular weight is 562 g/mol. The van der Waals surface area contributed by atoms with Crippen LogP contribution in [0.15, 0.2) is 54.6 Å². The standard InChI is InChI=1S/C29H34Cl2N2O3S/c1-17(2)23-13-21(20-9-12-25(30)26(31)15-20)14-24(18(3)4)27(23)28(37(35)36)29(34)32-22-10-7-19(8-11-22)16-33(5)6/h7-15,17-18,28,37H,16H2,1-6H3,(H,32,34). The molecule has 3 aromatic rings. The Morgan fingerprint density at radius 3 is 1.86 bits per heavy atom.